The molecule has 0 spiro atoms. The molecule has 3 aromatic rings. The van der Waals surface area contributed by atoms with Gasteiger partial charge in [0.1, 0.15) is 17.0 Å². The number of rotatable bonds is 6. The summed E-state index contributed by atoms with van der Waals surface area (Å²) in [5.41, 5.74) is 1.71. The van der Waals surface area contributed by atoms with E-state index in [2.05, 4.69) is 10.3 Å². The number of esters is 1. The van der Waals surface area contributed by atoms with Crippen LogP contribution in [0.3, 0.4) is 0 Å². The smallest absolute Gasteiger partial charge is 0.354 e. The molecule has 0 aliphatic rings. The van der Waals surface area contributed by atoms with Crippen LogP contribution in [0.5, 0.6) is 5.75 Å². The van der Waals surface area contributed by atoms with Crippen LogP contribution in [0.25, 0.3) is 10.9 Å². The molecule has 0 bridgehead atoms. The highest BCUT2D eigenvalue weighted by molar-refractivity contribution is 6.04. The van der Waals surface area contributed by atoms with Gasteiger partial charge in [-0.1, -0.05) is 0 Å². The van der Waals surface area contributed by atoms with Gasteiger partial charge in [0.15, 0.2) is 0 Å². The lowest BCUT2D eigenvalue weighted by Crippen LogP contribution is -2.04. The first-order valence-corrected chi connectivity index (χ1v) is 7.91. The normalized spacial score (nSPS) is 10.5. The summed E-state index contributed by atoms with van der Waals surface area (Å²) in [5.74, 6) is 0.157. The molecule has 0 amide bonds. The molecule has 1 aromatic heterocycles. The number of hydrogen-bond acceptors (Lipinski definition) is 6. The summed E-state index contributed by atoms with van der Waals surface area (Å²) in [4.78, 5) is 25.6. The summed E-state index contributed by atoms with van der Waals surface area (Å²) >= 11 is 0. The van der Waals surface area contributed by atoms with Gasteiger partial charge in [-0.15, -0.1) is 0 Å². The molecule has 3 rings (SSSR count). The summed E-state index contributed by atoms with van der Waals surface area (Å²) in [6.45, 7) is 1.91. The largest absolute Gasteiger partial charge is 0.497 e. The number of nitro groups is 1. The number of carbonyl (C=O) groups excluding carboxylic acids is 1. The third-order valence-corrected chi connectivity index (χ3v) is 3.83. The predicted molar refractivity (Wildman–Crippen MR) is 97.2 cm³/mol. The Balaban J connectivity index is 2.05. The van der Waals surface area contributed by atoms with Crippen molar-refractivity contribution in [3.05, 3.63) is 58.3 Å². The van der Waals surface area contributed by atoms with Crippen molar-refractivity contribution in [2.75, 3.05) is 19.0 Å². The third-order valence-electron chi connectivity index (χ3n) is 3.83. The van der Waals surface area contributed by atoms with Crippen molar-refractivity contribution in [1.29, 1.82) is 0 Å². The van der Waals surface area contributed by atoms with E-state index in [-0.39, 0.29) is 23.5 Å². The molecule has 0 saturated heterocycles. The molecular formula is C18H17N3O5. The number of aromatic amines is 1. The van der Waals surface area contributed by atoms with Gasteiger partial charge < -0.3 is 19.8 Å². The molecule has 8 nitrogen and oxygen atoms in total. The van der Waals surface area contributed by atoms with Gasteiger partial charge in [-0.05, 0) is 43.3 Å². The minimum atomic E-state index is -0.562. The third kappa shape index (κ3) is 3.30. The summed E-state index contributed by atoms with van der Waals surface area (Å²) in [7, 11) is 1.58. The lowest BCUT2D eigenvalue weighted by Gasteiger charge is -2.09. The minimum Gasteiger partial charge on any atom is -0.497 e. The number of benzene rings is 2. The number of non-ortho nitro benzene ring substituents is 1. The van der Waals surface area contributed by atoms with E-state index in [4.69, 9.17) is 9.47 Å². The number of nitrogens with one attached hydrogen (secondary N) is 2. The monoisotopic (exact) mass is 355 g/mol. The molecule has 0 saturated carbocycles. The molecular weight excluding hydrogens is 338 g/mol. The molecule has 26 heavy (non-hydrogen) atoms. The Morgan fingerprint density at radius 3 is 2.58 bits per heavy atom. The van der Waals surface area contributed by atoms with Crippen LogP contribution in [0.4, 0.5) is 17.1 Å². The molecule has 2 N–H and O–H groups in total. The van der Waals surface area contributed by atoms with Crippen LogP contribution in [-0.4, -0.2) is 29.6 Å². The van der Waals surface area contributed by atoms with Crippen molar-refractivity contribution in [1.82, 2.24) is 4.98 Å². The van der Waals surface area contributed by atoms with Crippen molar-refractivity contribution in [3.8, 4) is 5.75 Å². The van der Waals surface area contributed by atoms with E-state index in [0.29, 0.717) is 11.1 Å². The van der Waals surface area contributed by atoms with Gasteiger partial charge >= 0.3 is 5.97 Å². The standard InChI is InChI=1S/C18H17N3O5/c1-3-26-18(22)15-10-13-14(8-9-16(21(23)24)17(13)20-15)19-11-4-6-12(25-2)7-5-11/h4-10,19-20H,3H2,1-2H3. The Morgan fingerprint density at radius 1 is 1.23 bits per heavy atom. The van der Waals surface area contributed by atoms with Crippen LogP contribution < -0.4 is 10.1 Å². The Labute approximate surface area is 148 Å². The van der Waals surface area contributed by atoms with Gasteiger partial charge in [-0.3, -0.25) is 10.1 Å². The van der Waals surface area contributed by atoms with Gasteiger partial charge in [-0.25, -0.2) is 4.79 Å². The Bertz CT molecular complexity index is 963. The summed E-state index contributed by atoms with van der Waals surface area (Å²) in [5, 5.41) is 15.0. The number of nitrogens with zero attached hydrogens (tertiary/aromatic N) is 1. The Hall–Kier alpha value is -3.55. The first-order valence-electron chi connectivity index (χ1n) is 7.91. The molecule has 134 valence electrons. The number of aromatic nitrogens is 1. The molecule has 1 heterocycles. The topological polar surface area (TPSA) is 106 Å². The number of ether oxygens (including phenoxy) is 2. The second-order valence-electron chi connectivity index (χ2n) is 5.44. The quantitative estimate of drug-likeness (QED) is 0.393. The second kappa shape index (κ2) is 7.14. The molecule has 0 radical (unpaired) electrons. The van der Waals surface area contributed by atoms with Gasteiger partial charge in [0, 0.05) is 22.8 Å². The molecule has 2 aromatic carbocycles. The highest BCUT2D eigenvalue weighted by atomic mass is 16.6. The van der Waals surface area contributed by atoms with E-state index in [9.17, 15) is 14.9 Å². The lowest BCUT2D eigenvalue weighted by atomic mass is 10.1. The SMILES string of the molecule is CCOC(=O)c1cc2c(Nc3ccc(OC)cc3)ccc([N+](=O)[O-])c2[nH]1. The van der Waals surface area contributed by atoms with Gasteiger partial charge in [0.2, 0.25) is 0 Å². The number of hydrogen-bond donors (Lipinski definition) is 2. The fourth-order valence-corrected chi connectivity index (χ4v) is 2.61. The van der Waals surface area contributed by atoms with Gasteiger partial charge in [0.05, 0.1) is 18.6 Å². The van der Waals surface area contributed by atoms with Crippen LogP contribution in [0.2, 0.25) is 0 Å². The number of nitro benzene ring substituents is 1. The zero-order valence-corrected chi connectivity index (χ0v) is 14.2. The maximum atomic E-state index is 12.0. The predicted octanol–water partition coefficient (Wildman–Crippen LogP) is 4.01. The maximum absolute atomic E-state index is 12.0. The number of carbonyl (C=O) groups is 1. The molecule has 8 heteroatoms. The van der Waals surface area contributed by atoms with E-state index in [1.807, 2.05) is 12.1 Å². The fourth-order valence-electron chi connectivity index (χ4n) is 2.61. The Kier molecular flexibility index (Phi) is 4.74. The second-order valence-corrected chi connectivity index (χ2v) is 5.44. The molecule has 0 atom stereocenters. The fraction of sp³-hybridized carbons (Fsp3) is 0.167. The van der Waals surface area contributed by atoms with Crippen molar-refractivity contribution in [3.63, 3.8) is 0 Å². The van der Waals surface area contributed by atoms with Gasteiger partial charge in [-0.2, -0.15) is 0 Å². The summed E-state index contributed by atoms with van der Waals surface area (Å²) < 4.78 is 10.1. The summed E-state index contributed by atoms with van der Waals surface area (Å²) in [6.07, 6.45) is 0. The average molecular weight is 355 g/mol. The molecule has 0 unspecified atom stereocenters. The number of fused-ring (bicyclic) bond motifs is 1. The van der Waals surface area contributed by atoms with E-state index in [0.717, 1.165) is 11.4 Å². The molecule has 0 aliphatic heterocycles. The van der Waals surface area contributed by atoms with Crippen molar-refractivity contribution >= 4 is 33.9 Å². The first kappa shape index (κ1) is 17.3. The number of H-pyrrole nitrogens is 1. The van der Waals surface area contributed by atoms with Crippen LogP contribution in [0, 0.1) is 10.1 Å². The minimum absolute atomic E-state index is 0.115. The number of anilines is 2. The summed E-state index contributed by atoms with van der Waals surface area (Å²) in [6, 6.07) is 11.8. The van der Waals surface area contributed by atoms with Crippen LogP contribution >= 0.6 is 0 Å². The van der Waals surface area contributed by atoms with Crippen LogP contribution in [-0.2, 0) is 4.74 Å². The van der Waals surface area contributed by atoms with Crippen molar-refractivity contribution in [2.24, 2.45) is 0 Å². The Morgan fingerprint density at radius 2 is 1.96 bits per heavy atom. The van der Waals surface area contributed by atoms with E-state index >= 15 is 0 Å². The van der Waals surface area contributed by atoms with E-state index in [1.165, 1.54) is 6.07 Å². The number of methoxy groups -OCH3 is 1. The van der Waals surface area contributed by atoms with Crippen LogP contribution in [0.15, 0.2) is 42.5 Å². The van der Waals surface area contributed by atoms with Gasteiger partial charge in [0.25, 0.3) is 5.69 Å². The molecule has 0 fully saturated rings. The van der Waals surface area contributed by atoms with E-state index in [1.54, 1.807) is 38.3 Å². The van der Waals surface area contributed by atoms with Crippen LogP contribution in [0.1, 0.15) is 17.4 Å². The average Bonchev–Trinajstić information content (AvgIpc) is 3.08. The van der Waals surface area contributed by atoms with E-state index < -0.39 is 10.9 Å². The van der Waals surface area contributed by atoms with Crippen molar-refractivity contribution in [2.45, 2.75) is 6.92 Å². The highest BCUT2D eigenvalue weighted by Gasteiger charge is 2.20. The zero-order chi connectivity index (χ0) is 18.7. The lowest BCUT2D eigenvalue weighted by molar-refractivity contribution is -0.383. The molecule has 0 aliphatic carbocycles. The van der Waals surface area contributed by atoms with Crippen molar-refractivity contribution < 1.29 is 19.2 Å². The zero-order valence-electron chi connectivity index (χ0n) is 14.2. The first-order chi connectivity index (χ1) is 12.5. The highest BCUT2D eigenvalue weighted by Crippen LogP contribution is 2.34. The maximum Gasteiger partial charge on any atom is 0.354 e.